The lowest BCUT2D eigenvalue weighted by molar-refractivity contribution is -0.137. The molecule has 19 heavy (non-hydrogen) atoms. The predicted molar refractivity (Wildman–Crippen MR) is 71.8 cm³/mol. The van der Waals surface area contributed by atoms with Crippen molar-refractivity contribution in [1.82, 2.24) is 10.2 Å². The first-order valence-corrected chi connectivity index (χ1v) is 6.13. The largest absolute Gasteiger partial charge is 0.416 e. The topological polar surface area (TPSA) is 15.3 Å². The summed E-state index contributed by atoms with van der Waals surface area (Å²) < 4.78 is 37.9. The molecule has 1 aliphatic rings. The van der Waals surface area contributed by atoms with E-state index in [9.17, 15) is 13.2 Å². The number of rotatable bonds is 2. The summed E-state index contributed by atoms with van der Waals surface area (Å²) in [5.41, 5.74) is -0.0724. The third-order valence-corrected chi connectivity index (χ3v) is 3.12. The number of nitrogens with one attached hydrogen (secondary N) is 1. The second kappa shape index (κ2) is 6.79. The van der Waals surface area contributed by atoms with Gasteiger partial charge in [0.2, 0.25) is 0 Å². The summed E-state index contributed by atoms with van der Waals surface area (Å²) in [5.74, 6) is 0. The van der Waals surface area contributed by atoms with Gasteiger partial charge in [-0.2, -0.15) is 13.2 Å². The Labute approximate surface area is 121 Å². The smallest absolute Gasteiger partial charge is 0.314 e. The van der Waals surface area contributed by atoms with E-state index in [0.717, 1.165) is 32.2 Å². The van der Waals surface area contributed by atoms with Gasteiger partial charge in [0.25, 0.3) is 0 Å². The zero-order valence-electron chi connectivity index (χ0n) is 10.1. The molecule has 0 atom stereocenters. The van der Waals surface area contributed by atoms with Gasteiger partial charge in [0.05, 0.1) is 5.56 Å². The molecule has 0 amide bonds. The Kier molecular flexibility index (Phi) is 5.92. The Bertz CT molecular complexity index is 418. The van der Waals surface area contributed by atoms with Gasteiger partial charge in [0.15, 0.2) is 0 Å². The number of hydrogen-bond donors (Lipinski definition) is 1. The maximum atomic E-state index is 12.6. The molecular formula is C12H15Cl2F3N2. The number of nitrogens with zero attached hydrogens (tertiary/aromatic N) is 1. The first-order chi connectivity index (χ1) is 8.45. The van der Waals surface area contributed by atoms with E-state index in [1.54, 1.807) is 6.07 Å². The SMILES string of the molecule is Cl.FC(F)(F)c1cc(Cl)cc(CN2CCNCC2)c1. The fourth-order valence-electron chi connectivity index (χ4n) is 2.03. The average molecular weight is 315 g/mol. The summed E-state index contributed by atoms with van der Waals surface area (Å²) in [6.07, 6.45) is -4.34. The Morgan fingerprint density at radius 3 is 2.37 bits per heavy atom. The van der Waals surface area contributed by atoms with Crippen LogP contribution in [-0.2, 0) is 12.7 Å². The third kappa shape index (κ3) is 4.84. The van der Waals surface area contributed by atoms with Crippen molar-refractivity contribution in [3.63, 3.8) is 0 Å². The first kappa shape index (κ1) is 16.6. The lowest BCUT2D eigenvalue weighted by Crippen LogP contribution is -2.42. The second-order valence-corrected chi connectivity index (χ2v) is 4.81. The molecule has 1 aromatic rings. The summed E-state index contributed by atoms with van der Waals surface area (Å²) in [5, 5.41) is 3.33. The number of benzene rings is 1. The van der Waals surface area contributed by atoms with E-state index >= 15 is 0 Å². The Hall–Kier alpha value is -0.490. The maximum Gasteiger partial charge on any atom is 0.416 e. The van der Waals surface area contributed by atoms with Gasteiger partial charge < -0.3 is 5.32 Å². The van der Waals surface area contributed by atoms with Gasteiger partial charge in [-0.1, -0.05) is 11.6 Å². The lowest BCUT2D eigenvalue weighted by Gasteiger charge is -2.27. The fourth-order valence-corrected chi connectivity index (χ4v) is 2.29. The first-order valence-electron chi connectivity index (χ1n) is 5.75. The van der Waals surface area contributed by atoms with E-state index in [-0.39, 0.29) is 17.4 Å². The van der Waals surface area contributed by atoms with Gasteiger partial charge in [-0.05, 0) is 23.8 Å². The van der Waals surface area contributed by atoms with Crippen molar-refractivity contribution < 1.29 is 13.2 Å². The third-order valence-electron chi connectivity index (χ3n) is 2.90. The van der Waals surface area contributed by atoms with Gasteiger partial charge in [-0.15, -0.1) is 12.4 Å². The van der Waals surface area contributed by atoms with Crippen molar-refractivity contribution in [3.8, 4) is 0 Å². The molecule has 0 radical (unpaired) electrons. The van der Waals surface area contributed by atoms with Crippen LogP contribution in [0.3, 0.4) is 0 Å². The van der Waals surface area contributed by atoms with Crippen LogP contribution in [0.25, 0.3) is 0 Å². The van der Waals surface area contributed by atoms with Crippen molar-refractivity contribution in [3.05, 3.63) is 34.3 Å². The van der Waals surface area contributed by atoms with Crippen LogP contribution in [0.5, 0.6) is 0 Å². The highest BCUT2D eigenvalue weighted by atomic mass is 35.5. The standard InChI is InChI=1S/C12H14ClF3N2.ClH/c13-11-6-9(5-10(7-11)12(14,15)16)8-18-3-1-17-2-4-18;/h5-7,17H,1-4,8H2;1H. The van der Waals surface area contributed by atoms with Crippen LogP contribution < -0.4 is 5.32 Å². The molecule has 0 bridgehead atoms. The molecule has 1 saturated heterocycles. The molecule has 0 unspecified atom stereocenters. The maximum absolute atomic E-state index is 12.6. The van der Waals surface area contributed by atoms with Crippen molar-refractivity contribution in [2.24, 2.45) is 0 Å². The monoisotopic (exact) mass is 314 g/mol. The van der Waals surface area contributed by atoms with E-state index < -0.39 is 11.7 Å². The highest BCUT2D eigenvalue weighted by molar-refractivity contribution is 6.30. The van der Waals surface area contributed by atoms with Crippen LogP contribution in [0.4, 0.5) is 13.2 Å². The Morgan fingerprint density at radius 1 is 1.16 bits per heavy atom. The Balaban J connectivity index is 0.00000180. The summed E-state index contributed by atoms with van der Waals surface area (Å²) in [6, 6.07) is 3.73. The van der Waals surface area contributed by atoms with Crippen molar-refractivity contribution in [1.29, 1.82) is 0 Å². The molecule has 7 heteroatoms. The highest BCUT2D eigenvalue weighted by Gasteiger charge is 2.31. The molecular weight excluding hydrogens is 300 g/mol. The molecule has 0 aliphatic carbocycles. The van der Waals surface area contributed by atoms with E-state index in [1.807, 2.05) is 0 Å². The molecule has 0 spiro atoms. The van der Waals surface area contributed by atoms with E-state index in [0.29, 0.717) is 12.1 Å². The number of piperazine rings is 1. The van der Waals surface area contributed by atoms with Crippen LogP contribution in [0.1, 0.15) is 11.1 Å². The molecule has 1 aliphatic heterocycles. The van der Waals surface area contributed by atoms with Crippen molar-refractivity contribution in [2.45, 2.75) is 12.7 Å². The molecule has 0 aromatic heterocycles. The zero-order chi connectivity index (χ0) is 13.2. The zero-order valence-corrected chi connectivity index (χ0v) is 11.7. The molecule has 0 saturated carbocycles. The number of halogens is 5. The molecule has 1 heterocycles. The molecule has 2 rings (SSSR count). The van der Waals surface area contributed by atoms with Gasteiger partial charge >= 0.3 is 6.18 Å². The van der Waals surface area contributed by atoms with Gasteiger partial charge in [-0.25, -0.2) is 0 Å². The minimum absolute atomic E-state index is 0. The van der Waals surface area contributed by atoms with Crippen LogP contribution >= 0.6 is 24.0 Å². The van der Waals surface area contributed by atoms with Gasteiger partial charge in [-0.3, -0.25) is 4.90 Å². The number of alkyl halides is 3. The predicted octanol–water partition coefficient (Wildman–Crippen LogP) is 3.19. The van der Waals surface area contributed by atoms with Crippen LogP contribution in [0, 0.1) is 0 Å². The van der Waals surface area contributed by atoms with E-state index in [1.165, 1.54) is 6.07 Å². The van der Waals surface area contributed by atoms with Gasteiger partial charge in [0, 0.05) is 37.7 Å². The minimum atomic E-state index is -4.34. The fraction of sp³-hybridized carbons (Fsp3) is 0.500. The van der Waals surface area contributed by atoms with Crippen molar-refractivity contribution in [2.75, 3.05) is 26.2 Å². The molecule has 1 fully saturated rings. The molecule has 2 nitrogen and oxygen atoms in total. The highest BCUT2D eigenvalue weighted by Crippen LogP contribution is 2.32. The minimum Gasteiger partial charge on any atom is -0.314 e. The summed E-state index contributed by atoms with van der Waals surface area (Å²) in [7, 11) is 0. The Morgan fingerprint density at radius 2 is 1.79 bits per heavy atom. The summed E-state index contributed by atoms with van der Waals surface area (Å²) in [4.78, 5) is 2.11. The van der Waals surface area contributed by atoms with Crippen LogP contribution in [0.15, 0.2) is 18.2 Å². The number of hydrogen-bond acceptors (Lipinski definition) is 2. The van der Waals surface area contributed by atoms with Crippen LogP contribution in [0.2, 0.25) is 5.02 Å². The molecule has 1 aromatic carbocycles. The average Bonchev–Trinajstić information content (AvgIpc) is 2.28. The second-order valence-electron chi connectivity index (χ2n) is 4.37. The summed E-state index contributed by atoms with van der Waals surface area (Å²) >= 11 is 5.74. The van der Waals surface area contributed by atoms with E-state index in [4.69, 9.17) is 11.6 Å². The van der Waals surface area contributed by atoms with Crippen molar-refractivity contribution >= 4 is 24.0 Å². The van der Waals surface area contributed by atoms with Crippen LogP contribution in [-0.4, -0.2) is 31.1 Å². The normalized spacial score (nSPS) is 17.1. The summed E-state index contributed by atoms with van der Waals surface area (Å²) in [6.45, 7) is 3.92. The van der Waals surface area contributed by atoms with E-state index in [2.05, 4.69) is 10.2 Å². The van der Waals surface area contributed by atoms with Gasteiger partial charge in [0.1, 0.15) is 0 Å². The molecule has 1 N–H and O–H groups in total. The quantitative estimate of drug-likeness (QED) is 0.902. The molecule has 108 valence electrons. The lowest BCUT2D eigenvalue weighted by atomic mass is 10.1.